The predicted octanol–water partition coefficient (Wildman–Crippen LogP) is 2.29. The van der Waals surface area contributed by atoms with E-state index in [4.69, 9.17) is 4.74 Å². The smallest absolute Gasteiger partial charge is 0.288 e. The van der Waals surface area contributed by atoms with E-state index in [2.05, 4.69) is 4.90 Å². The first-order chi connectivity index (χ1) is 10.5. The zero-order valence-electron chi connectivity index (χ0n) is 12.5. The third kappa shape index (κ3) is 5.55. The van der Waals surface area contributed by atoms with Crippen LogP contribution in [0.25, 0.3) is 0 Å². The molecule has 1 saturated heterocycles. The molecular formula is C15H20F2N2O2S. The number of morpholine rings is 1. The van der Waals surface area contributed by atoms with E-state index < -0.39 is 5.76 Å². The number of hydrogen-bond donors (Lipinski definition) is 0. The van der Waals surface area contributed by atoms with Gasteiger partial charge in [0, 0.05) is 31.6 Å². The largest absolute Gasteiger partial charge is 0.379 e. The van der Waals surface area contributed by atoms with Crippen LogP contribution in [0.15, 0.2) is 29.2 Å². The fraction of sp³-hybridized carbons (Fsp3) is 0.533. The zero-order valence-corrected chi connectivity index (χ0v) is 13.3. The number of thioether (sulfide) groups is 1. The third-order valence-corrected chi connectivity index (χ3v) is 4.18. The highest BCUT2D eigenvalue weighted by molar-refractivity contribution is 7.99. The second-order valence-electron chi connectivity index (χ2n) is 5.16. The lowest BCUT2D eigenvalue weighted by Crippen LogP contribution is -2.43. The van der Waals surface area contributed by atoms with Gasteiger partial charge in [0.15, 0.2) is 0 Å². The normalized spacial score (nSPS) is 16.0. The first kappa shape index (κ1) is 17.2. The van der Waals surface area contributed by atoms with Crippen LogP contribution >= 0.6 is 11.8 Å². The van der Waals surface area contributed by atoms with Crippen molar-refractivity contribution in [3.63, 3.8) is 0 Å². The maximum Gasteiger partial charge on any atom is 0.288 e. The zero-order chi connectivity index (χ0) is 15.9. The highest BCUT2D eigenvalue weighted by Gasteiger charge is 2.17. The van der Waals surface area contributed by atoms with Crippen molar-refractivity contribution in [3.8, 4) is 0 Å². The van der Waals surface area contributed by atoms with Crippen LogP contribution in [0.2, 0.25) is 0 Å². The fourth-order valence-corrected chi connectivity index (χ4v) is 2.71. The number of rotatable bonds is 6. The van der Waals surface area contributed by atoms with Crippen molar-refractivity contribution in [2.45, 2.75) is 17.2 Å². The second-order valence-corrected chi connectivity index (χ2v) is 6.22. The van der Waals surface area contributed by atoms with Crippen LogP contribution in [0.1, 0.15) is 5.56 Å². The standard InChI is InChI=1S/C15H20F2N2O2S/c1-18(14(20)11-19-6-8-21-9-7-19)10-12-2-4-13(5-3-12)22-15(16)17/h2-5,15H,6-11H2,1H3. The molecule has 1 aliphatic rings. The average molecular weight is 330 g/mol. The number of hydrogen-bond acceptors (Lipinski definition) is 4. The van der Waals surface area contributed by atoms with E-state index >= 15 is 0 Å². The van der Waals surface area contributed by atoms with Gasteiger partial charge in [0.1, 0.15) is 0 Å². The van der Waals surface area contributed by atoms with E-state index in [0.29, 0.717) is 43.0 Å². The van der Waals surface area contributed by atoms with Crippen molar-refractivity contribution in [2.24, 2.45) is 0 Å². The summed E-state index contributed by atoms with van der Waals surface area (Å²) in [7, 11) is 1.75. The quantitative estimate of drug-likeness (QED) is 0.749. The number of alkyl halides is 2. The van der Waals surface area contributed by atoms with Crippen molar-refractivity contribution in [3.05, 3.63) is 29.8 Å². The summed E-state index contributed by atoms with van der Waals surface area (Å²) in [5.74, 6) is -2.36. The molecule has 1 aliphatic heterocycles. The second kappa shape index (κ2) is 8.45. The van der Waals surface area contributed by atoms with Crippen molar-refractivity contribution in [1.29, 1.82) is 0 Å². The van der Waals surface area contributed by atoms with Gasteiger partial charge in [-0.2, -0.15) is 8.78 Å². The number of likely N-dealkylation sites (N-methyl/N-ethyl adjacent to an activating group) is 1. The Bertz CT molecular complexity index is 479. The van der Waals surface area contributed by atoms with Crippen LogP contribution in [0, 0.1) is 0 Å². The van der Waals surface area contributed by atoms with Crippen molar-refractivity contribution < 1.29 is 18.3 Å². The molecule has 22 heavy (non-hydrogen) atoms. The Kier molecular flexibility index (Phi) is 6.60. The predicted molar refractivity (Wildman–Crippen MR) is 82.0 cm³/mol. The van der Waals surface area contributed by atoms with Crippen LogP contribution in [0.4, 0.5) is 8.78 Å². The summed E-state index contributed by atoms with van der Waals surface area (Å²) in [4.78, 5) is 16.4. The molecule has 4 nitrogen and oxygen atoms in total. The first-order valence-corrected chi connectivity index (χ1v) is 8.00. The van der Waals surface area contributed by atoms with Crippen molar-refractivity contribution >= 4 is 17.7 Å². The van der Waals surface area contributed by atoms with Gasteiger partial charge in [-0.05, 0) is 17.7 Å². The van der Waals surface area contributed by atoms with Crippen LogP contribution < -0.4 is 0 Å². The lowest BCUT2D eigenvalue weighted by atomic mass is 10.2. The Balaban J connectivity index is 1.82. The van der Waals surface area contributed by atoms with Crippen molar-refractivity contribution in [2.75, 3.05) is 39.9 Å². The summed E-state index contributed by atoms with van der Waals surface area (Å²) in [5.41, 5.74) is 0.927. The van der Waals surface area contributed by atoms with E-state index in [1.165, 1.54) is 0 Å². The summed E-state index contributed by atoms with van der Waals surface area (Å²) in [6.45, 7) is 3.75. The number of halogens is 2. The molecule has 0 atom stereocenters. The molecule has 0 spiro atoms. The Morgan fingerprint density at radius 2 is 1.95 bits per heavy atom. The number of carbonyl (C=O) groups is 1. The van der Waals surface area contributed by atoms with E-state index in [1.807, 2.05) is 0 Å². The molecule has 1 heterocycles. The molecule has 0 radical (unpaired) electrons. The minimum absolute atomic E-state index is 0.0490. The molecule has 0 saturated carbocycles. The highest BCUT2D eigenvalue weighted by Crippen LogP contribution is 2.25. The van der Waals surface area contributed by atoms with Gasteiger partial charge in [0.05, 0.1) is 19.8 Å². The number of benzene rings is 1. The molecular weight excluding hydrogens is 310 g/mol. The van der Waals surface area contributed by atoms with Crippen LogP contribution in [0.5, 0.6) is 0 Å². The molecule has 2 rings (SSSR count). The average Bonchev–Trinajstić information content (AvgIpc) is 2.49. The molecule has 0 unspecified atom stereocenters. The summed E-state index contributed by atoms with van der Waals surface area (Å²) >= 11 is 0.523. The molecule has 0 aliphatic carbocycles. The van der Waals surface area contributed by atoms with Gasteiger partial charge in [-0.1, -0.05) is 23.9 Å². The summed E-state index contributed by atoms with van der Waals surface area (Å²) in [6, 6.07) is 6.88. The summed E-state index contributed by atoms with van der Waals surface area (Å²) < 4.78 is 29.8. The first-order valence-electron chi connectivity index (χ1n) is 7.12. The number of amides is 1. The van der Waals surface area contributed by atoms with Gasteiger partial charge in [-0.3, -0.25) is 9.69 Å². The lowest BCUT2D eigenvalue weighted by Gasteiger charge is -2.28. The van der Waals surface area contributed by atoms with E-state index in [1.54, 1.807) is 36.2 Å². The Morgan fingerprint density at radius 3 is 2.55 bits per heavy atom. The van der Waals surface area contributed by atoms with Gasteiger partial charge in [0.25, 0.3) is 5.76 Å². The molecule has 0 bridgehead atoms. The topological polar surface area (TPSA) is 32.8 Å². The van der Waals surface area contributed by atoms with E-state index in [0.717, 1.165) is 18.7 Å². The summed E-state index contributed by atoms with van der Waals surface area (Å²) in [5, 5.41) is 0. The van der Waals surface area contributed by atoms with Crippen molar-refractivity contribution in [1.82, 2.24) is 9.80 Å². The number of carbonyl (C=O) groups excluding carboxylic acids is 1. The molecule has 0 aromatic heterocycles. The number of ether oxygens (including phenoxy) is 1. The van der Waals surface area contributed by atoms with Crippen LogP contribution in [-0.4, -0.2) is 61.4 Å². The molecule has 1 aromatic rings. The maximum atomic E-state index is 12.3. The Labute approximate surface area is 133 Å². The summed E-state index contributed by atoms with van der Waals surface area (Å²) in [6.07, 6.45) is 0. The van der Waals surface area contributed by atoms with Gasteiger partial charge in [0.2, 0.25) is 5.91 Å². The SMILES string of the molecule is CN(Cc1ccc(SC(F)F)cc1)C(=O)CN1CCOCC1. The fourth-order valence-electron chi connectivity index (χ4n) is 2.21. The Hall–Kier alpha value is -1.18. The molecule has 7 heteroatoms. The molecule has 122 valence electrons. The number of nitrogens with zero attached hydrogens (tertiary/aromatic N) is 2. The minimum Gasteiger partial charge on any atom is -0.379 e. The molecule has 1 aromatic carbocycles. The van der Waals surface area contributed by atoms with Crippen LogP contribution in [0.3, 0.4) is 0 Å². The van der Waals surface area contributed by atoms with Gasteiger partial charge in [-0.15, -0.1) is 0 Å². The highest BCUT2D eigenvalue weighted by atomic mass is 32.2. The van der Waals surface area contributed by atoms with Crippen LogP contribution in [-0.2, 0) is 16.1 Å². The monoisotopic (exact) mass is 330 g/mol. The van der Waals surface area contributed by atoms with Gasteiger partial charge in [-0.25, -0.2) is 0 Å². The minimum atomic E-state index is -2.41. The molecule has 1 fully saturated rings. The van der Waals surface area contributed by atoms with E-state index in [-0.39, 0.29) is 5.91 Å². The molecule has 1 amide bonds. The van der Waals surface area contributed by atoms with Gasteiger partial charge >= 0.3 is 0 Å². The van der Waals surface area contributed by atoms with E-state index in [9.17, 15) is 13.6 Å². The maximum absolute atomic E-state index is 12.3. The molecule has 0 N–H and O–H groups in total. The lowest BCUT2D eigenvalue weighted by molar-refractivity contribution is -0.132. The Morgan fingerprint density at radius 1 is 1.32 bits per heavy atom. The van der Waals surface area contributed by atoms with Gasteiger partial charge < -0.3 is 9.64 Å². The third-order valence-electron chi connectivity index (χ3n) is 3.46.